The van der Waals surface area contributed by atoms with E-state index in [2.05, 4.69) is 20.6 Å². The lowest BCUT2D eigenvalue weighted by molar-refractivity contribution is -0.111. The molecule has 0 saturated heterocycles. The van der Waals surface area contributed by atoms with Gasteiger partial charge in [0.05, 0.1) is 35.2 Å². The number of nitrogens with zero attached hydrogens (tertiary/aromatic N) is 6. The van der Waals surface area contributed by atoms with Gasteiger partial charge in [0, 0.05) is 32.3 Å². The van der Waals surface area contributed by atoms with Crippen molar-refractivity contribution in [1.29, 1.82) is 0 Å². The van der Waals surface area contributed by atoms with Crippen LogP contribution in [-0.4, -0.2) is 35.8 Å². The fourth-order valence-corrected chi connectivity index (χ4v) is 5.54. The van der Waals surface area contributed by atoms with Crippen molar-refractivity contribution in [2.24, 2.45) is 0 Å². The van der Waals surface area contributed by atoms with Crippen molar-refractivity contribution in [3.8, 4) is 33.9 Å². The van der Waals surface area contributed by atoms with Crippen LogP contribution in [0.4, 0.5) is 0 Å². The van der Waals surface area contributed by atoms with Crippen molar-refractivity contribution in [2.45, 2.75) is 12.8 Å². The number of Topliss-reactive ketones (excluding diaryl/α,β-unsaturated/α-hetero) is 1. The maximum atomic E-state index is 13.3. The molecule has 0 radical (unpaired) electrons. The number of hydrogen-bond donors (Lipinski definition) is 0. The average Bonchev–Trinajstić information content (AvgIpc) is 3.81. The molecule has 0 N–H and O–H groups in total. The van der Waals surface area contributed by atoms with E-state index >= 15 is 0 Å². The molecular weight excluding hydrogens is 591 g/mol. The normalized spacial score (nSPS) is 15.0. The van der Waals surface area contributed by atoms with Crippen LogP contribution in [0.5, 0.6) is 0 Å². The quantitative estimate of drug-likeness (QED) is 0.176. The lowest BCUT2D eigenvalue weighted by Gasteiger charge is -2.07. The molecule has 0 spiro atoms. The number of rotatable bonds is 6. The van der Waals surface area contributed by atoms with Gasteiger partial charge in [0.1, 0.15) is 0 Å². The maximum Gasteiger partial charge on any atom is 0.185 e. The molecule has 1 aliphatic rings. The third kappa shape index (κ3) is 5.63. The Balaban J connectivity index is 1.06. The Kier molecular flexibility index (Phi) is 7.48. The second-order valence-corrected chi connectivity index (χ2v) is 11.3. The van der Waals surface area contributed by atoms with Gasteiger partial charge >= 0.3 is 0 Å². The molecular formula is C35H24Cl2N6O. The van der Waals surface area contributed by atoms with Gasteiger partial charge in [-0.05, 0) is 84.7 Å². The van der Waals surface area contributed by atoms with Gasteiger partial charge in [-0.3, -0.25) is 4.79 Å². The van der Waals surface area contributed by atoms with Gasteiger partial charge in [-0.2, -0.15) is 0 Å². The topological polar surface area (TPSA) is 78.5 Å². The Bertz CT molecular complexity index is 1870. The predicted octanol–water partition coefficient (Wildman–Crippen LogP) is 8.32. The SMILES string of the molecule is O=C1/C(=C/c2ccc(-n3nncc3-c3ccc(Cl)cc3)cc2)CC/C1=C\c1ccc(-n2nncc2-c2ccc(Cl)cc2)cc1. The molecule has 1 fully saturated rings. The molecule has 7 rings (SSSR count). The first-order chi connectivity index (χ1) is 21.5. The Hall–Kier alpha value is -5.11. The summed E-state index contributed by atoms with van der Waals surface area (Å²) in [5.41, 5.74) is 8.95. The highest BCUT2D eigenvalue weighted by atomic mass is 35.5. The minimum atomic E-state index is 0.0840. The summed E-state index contributed by atoms with van der Waals surface area (Å²) in [4.78, 5) is 13.3. The van der Waals surface area contributed by atoms with Crippen LogP contribution in [0.1, 0.15) is 24.0 Å². The predicted molar refractivity (Wildman–Crippen MR) is 174 cm³/mol. The Labute approximate surface area is 263 Å². The summed E-state index contributed by atoms with van der Waals surface area (Å²) in [7, 11) is 0. The zero-order chi connectivity index (χ0) is 30.0. The van der Waals surface area contributed by atoms with E-state index in [4.69, 9.17) is 23.2 Å². The van der Waals surface area contributed by atoms with Crippen LogP contribution in [0.2, 0.25) is 10.0 Å². The third-order valence-electron chi connectivity index (χ3n) is 7.58. The van der Waals surface area contributed by atoms with Crippen molar-refractivity contribution in [1.82, 2.24) is 30.0 Å². The number of halogens is 2. The molecule has 4 aromatic carbocycles. The highest BCUT2D eigenvalue weighted by Crippen LogP contribution is 2.31. The maximum absolute atomic E-state index is 13.3. The van der Waals surface area contributed by atoms with Crippen LogP contribution in [0.25, 0.3) is 46.0 Å². The number of benzene rings is 4. The van der Waals surface area contributed by atoms with Crippen LogP contribution in [-0.2, 0) is 4.79 Å². The summed E-state index contributed by atoms with van der Waals surface area (Å²) >= 11 is 12.1. The van der Waals surface area contributed by atoms with Gasteiger partial charge in [0.15, 0.2) is 5.78 Å². The molecule has 214 valence electrons. The molecule has 0 atom stereocenters. The van der Waals surface area contributed by atoms with E-state index in [0.717, 1.165) is 56.2 Å². The molecule has 0 bridgehead atoms. The molecule has 0 aliphatic heterocycles. The number of allylic oxidation sites excluding steroid dienone is 2. The fraction of sp³-hybridized carbons (Fsp3) is 0.0571. The van der Waals surface area contributed by atoms with Gasteiger partial charge in [0.2, 0.25) is 0 Å². The monoisotopic (exact) mass is 614 g/mol. The van der Waals surface area contributed by atoms with Crippen molar-refractivity contribution in [3.05, 3.63) is 142 Å². The summed E-state index contributed by atoms with van der Waals surface area (Å²) < 4.78 is 3.57. The number of ketones is 1. The average molecular weight is 616 g/mol. The van der Waals surface area contributed by atoms with Crippen LogP contribution < -0.4 is 0 Å². The number of carbonyl (C=O) groups is 1. The van der Waals surface area contributed by atoms with Gasteiger partial charge in [-0.25, -0.2) is 9.36 Å². The summed E-state index contributed by atoms with van der Waals surface area (Å²) in [6.07, 6.45) is 8.81. The summed E-state index contributed by atoms with van der Waals surface area (Å²) in [6, 6.07) is 31.0. The Morgan fingerprint density at radius 2 is 0.932 bits per heavy atom. The van der Waals surface area contributed by atoms with E-state index in [1.54, 1.807) is 21.8 Å². The molecule has 2 aromatic heterocycles. The van der Waals surface area contributed by atoms with Gasteiger partial charge in [-0.1, -0.05) is 82.2 Å². The molecule has 7 nitrogen and oxygen atoms in total. The summed E-state index contributed by atoms with van der Waals surface area (Å²) in [6.45, 7) is 0. The molecule has 1 saturated carbocycles. The van der Waals surface area contributed by atoms with Gasteiger partial charge < -0.3 is 0 Å². The minimum Gasteiger partial charge on any atom is -0.289 e. The first kappa shape index (κ1) is 27.7. The molecule has 1 aliphatic carbocycles. The van der Waals surface area contributed by atoms with E-state index in [1.165, 1.54) is 0 Å². The highest BCUT2D eigenvalue weighted by Gasteiger charge is 2.23. The molecule has 9 heteroatoms. The van der Waals surface area contributed by atoms with Crippen molar-refractivity contribution >= 4 is 41.1 Å². The highest BCUT2D eigenvalue weighted by molar-refractivity contribution is 6.31. The van der Waals surface area contributed by atoms with E-state index in [-0.39, 0.29) is 5.78 Å². The van der Waals surface area contributed by atoms with Crippen molar-refractivity contribution in [2.75, 3.05) is 0 Å². The van der Waals surface area contributed by atoms with E-state index in [0.29, 0.717) is 22.9 Å². The van der Waals surface area contributed by atoms with Crippen LogP contribution >= 0.6 is 23.2 Å². The number of hydrogen-bond acceptors (Lipinski definition) is 5. The molecule has 6 aromatic rings. The lowest BCUT2D eigenvalue weighted by atomic mass is 10.1. The van der Waals surface area contributed by atoms with E-state index in [9.17, 15) is 4.79 Å². The standard InChI is InChI=1S/C35H24Cl2N6O/c36-29-11-7-25(8-12-29)33-21-38-40-42(33)31-15-1-23(2-16-31)19-27-5-6-28(35(27)44)20-24-3-17-32(18-4-24)43-34(22-39-41-43)26-9-13-30(37)14-10-26/h1-4,7-22H,5-6H2/b27-19+,28-20+. The lowest BCUT2D eigenvalue weighted by Crippen LogP contribution is -2.00. The second kappa shape index (κ2) is 11.9. The van der Waals surface area contributed by atoms with Crippen LogP contribution in [0.15, 0.2) is 121 Å². The van der Waals surface area contributed by atoms with Crippen LogP contribution in [0, 0.1) is 0 Å². The fourth-order valence-electron chi connectivity index (χ4n) is 5.29. The Morgan fingerprint density at radius 1 is 0.545 bits per heavy atom. The number of aromatic nitrogens is 6. The van der Waals surface area contributed by atoms with Gasteiger partial charge in [-0.15, -0.1) is 10.2 Å². The number of carbonyl (C=O) groups excluding carboxylic acids is 1. The first-order valence-electron chi connectivity index (χ1n) is 14.0. The zero-order valence-corrected chi connectivity index (χ0v) is 24.8. The minimum absolute atomic E-state index is 0.0840. The smallest absolute Gasteiger partial charge is 0.185 e. The molecule has 0 amide bonds. The van der Waals surface area contributed by atoms with Crippen molar-refractivity contribution in [3.63, 3.8) is 0 Å². The molecule has 0 unspecified atom stereocenters. The van der Waals surface area contributed by atoms with E-state index in [1.807, 2.05) is 109 Å². The van der Waals surface area contributed by atoms with Crippen molar-refractivity contribution < 1.29 is 4.79 Å². The molecule has 2 heterocycles. The second-order valence-electron chi connectivity index (χ2n) is 10.4. The summed E-state index contributed by atoms with van der Waals surface area (Å²) in [5, 5.41) is 18.1. The summed E-state index contributed by atoms with van der Waals surface area (Å²) in [5.74, 6) is 0.0840. The van der Waals surface area contributed by atoms with Gasteiger partial charge in [0.25, 0.3) is 0 Å². The largest absolute Gasteiger partial charge is 0.289 e. The molecule has 44 heavy (non-hydrogen) atoms. The van der Waals surface area contributed by atoms with Crippen LogP contribution in [0.3, 0.4) is 0 Å². The Morgan fingerprint density at radius 3 is 1.32 bits per heavy atom. The third-order valence-corrected chi connectivity index (χ3v) is 8.09. The first-order valence-corrected chi connectivity index (χ1v) is 14.8. The zero-order valence-electron chi connectivity index (χ0n) is 23.3. The van der Waals surface area contributed by atoms with E-state index < -0.39 is 0 Å².